The second kappa shape index (κ2) is 4.30. The SMILES string of the molecule is C[C@H](C(=O)n1ccc2cccc(F)c21)N(C)C. The molecule has 1 atom stereocenters. The molecule has 3 nitrogen and oxygen atoms in total. The Bertz CT molecular complexity index is 560. The second-order valence-corrected chi connectivity index (χ2v) is 4.34. The molecule has 4 heteroatoms. The van der Waals surface area contributed by atoms with Crippen LogP contribution in [0.5, 0.6) is 0 Å². The van der Waals surface area contributed by atoms with Crippen molar-refractivity contribution in [1.29, 1.82) is 0 Å². The molecule has 0 saturated heterocycles. The van der Waals surface area contributed by atoms with Crippen molar-refractivity contribution in [3.63, 3.8) is 0 Å². The molecule has 0 saturated carbocycles. The van der Waals surface area contributed by atoms with E-state index in [1.54, 1.807) is 36.2 Å². The molecule has 1 heterocycles. The third kappa shape index (κ3) is 1.96. The molecule has 17 heavy (non-hydrogen) atoms. The van der Waals surface area contributed by atoms with Crippen molar-refractivity contribution in [3.8, 4) is 0 Å². The van der Waals surface area contributed by atoms with Gasteiger partial charge in [-0.2, -0.15) is 0 Å². The summed E-state index contributed by atoms with van der Waals surface area (Å²) in [6.45, 7) is 1.80. The summed E-state index contributed by atoms with van der Waals surface area (Å²) in [6.07, 6.45) is 1.62. The van der Waals surface area contributed by atoms with Gasteiger partial charge in [0.15, 0.2) is 0 Å². The Hall–Kier alpha value is -1.68. The lowest BCUT2D eigenvalue weighted by Crippen LogP contribution is -2.36. The minimum Gasteiger partial charge on any atom is -0.298 e. The number of nitrogens with zero attached hydrogens (tertiary/aromatic N) is 2. The van der Waals surface area contributed by atoms with Gasteiger partial charge < -0.3 is 0 Å². The smallest absolute Gasteiger partial charge is 0.248 e. The minimum absolute atomic E-state index is 0.130. The van der Waals surface area contributed by atoms with Gasteiger partial charge in [0.1, 0.15) is 5.82 Å². The highest BCUT2D eigenvalue weighted by molar-refractivity contribution is 5.95. The molecule has 0 bridgehead atoms. The third-order valence-electron chi connectivity index (χ3n) is 3.03. The monoisotopic (exact) mass is 234 g/mol. The highest BCUT2D eigenvalue weighted by Gasteiger charge is 2.19. The maximum Gasteiger partial charge on any atom is 0.248 e. The summed E-state index contributed by atoms with van der Waals surface area (Å²) in [7, 11) is 3.65. The molecule has 0 N–H and O–H groups in total. The van der Waals surface area contributed by atoms with Crippen LogP contribution in [0.2, 0.25) is 0 Å². The fourth-order valence-electron chi connectivity index (χ4n) is 1.76. The maximum atomic E-state index is 13.7. The molecule has 0 unspecified atom stereocenters. The third-order valence-corrected chi connectivity index (χ3v) is 3.03. The first-order valence-electron chi connectivity index (χ1n) is 5.48. The van der Waals surface area contributed by atoms with E-state index >= 15 is 0 Å². The van der Waals surface area contributed by atoms with Gasteiger partial charge in [0.25, 0.3) is 0 Å². The topological polar surface area (TPSA) is 25.2 Å². The molecule has 0 radical (unpaired) electrons. The van der Waals surface area contributed by atoms with Crippen LogP contribution in [0.4, 0.5) is 4.39 Å². The van der Waals surface area contributed by atoms with Crippen molar-refractivity contribution in [2.75, 3.05) is 14.1 Å². The van der Waals surface area contributed by atoms with Crippen LogP contribution in [0.15, 0.2) is 30.5 Å². The Morgan fingerprint density at radius 3 is 2.71 bits per heavy atom. The van der Waals surface area contributed by atoms with E-state index in [1.165, 1.54) is 10.6 Å². The van der Waals surface area contributed by atoms with Gasteiger partial charge in [-0.15, -0.1) is 0 Å². The van der Waals surface area contributed by atoms with E-state index in [9.17, 15) is 9.18 Å². The summed E-state index contributed by atoms with van der Waals surface area (Å²) in [5.41, 5.74) is 0.353. The zero-order valence-electron chi connectivity index (χ0n) is 10.1. The predicted molar refractivity (Wildman–Crippen MR) is 65.7 cm³/mol. The first kappa shape index (κ1) is 11.8. The molecule has 0 spiro atoms. The maximum absolute atomic E-state index is 13.7. The number of halogens is 1. The first-order chi connectivity index (χ1) is 8.02. The number of likely N-dealkylation sites (N-methyl/N-ethyl adjacent to an activating group) is 1. The van der Waals surface area contributed by atoms with E-state index in [1.807, 2.05) is 14.1 Å². The van der Waals surface area contributed by atoms with Gasteiger partial charge in [0, 0.05) is 11.6 Å². The Morgan fingerprint density at radius 1 is 1.35 bits per heavy atom. The summed E-state index contributed by atoms with van der Waals surface area (Å²) in [4.78, 5) is 14.0. The van der Waals surface area contributed by atoms with Crippen LogP contribution in [0.1, 0.15) is 11.7 Å². The van der Waals surface area contributed by atoms with Crippen LogP contribution in [-0.4, -0.2) is 35.5 Å². The number of carbonyl (C=O) groups is 1. The molecule has 1 aromatic heterocycles. The van der Waals surface area contributed by atoms with E-state index in [0.717, 1.165) is 5.39 Å². The number of benzene rings is 1. The van der Waals surface area contributed by atoms with Crippen LogP contribution < -0.4 is 0 Å². The Labute approximate surface area is 99.4 Å². The lowest BCUT2D eigenvalue weighted by Gasteiger charge is -2.19. The molecule has 1 aromatic carbocycles. The van der Waals surface area contributed by atoms with Gasteiger partial charge in [0.05, 0.1) is 11.6 Å². The van der Waals surface area contributed by atoms with Crippen LogP contribution >= 0.6 is 0 Å². The number of carbonyl (C=O) groups excluding carboxylic acids is 1. The largest absolute Gasteiger partial charge is 0.298 e. The lowest BCUT2D eigenvalue weighted by molar-refractivity contribution is 0.0809. The van der Waals surface area contributed by atoms with Crippen molar-refractivity contribution < 1.29 is 9.18 Å². The van der Waals surface area contributed by atoms with E-state index in [2.05, 4.69) is 0 Å². The zero-order valence-corrected chi connectivity index (χ0v) is 10.1. The van der Waals surface area contributed by atoms with Crippen LogP contribution in [-0.2, 0) is 0 Å². The van der Waals surface area contributed by atoms with Crippen molar-refractivity contribution in [3.05, 3.63) is 36.3 Å². The standard InChI is InChI=1S/C13H15FN2O/c1-9(15(2)3)13(17)16-8-7-10-5-4-6-11(14)12(10)16/h4-9H,1-3H3/t9-/m1/s1. The number of hydrogen-bond donors (Lipinski definition) is 0. The molecular weight excluding hydrogens is 219 g/mol. The lowest BCUT2D eigenvalue weighted by atomic mass is 10.2. The van der Waals surface area contributed by atoms with Crippen molar-refractivity contribution in [2.24, 2.45) is 0 Å². The Morgan fingerprint density at radius 2 is 2.06 bits per heavy atom. The number of rotatable bonds is 2. The molecule has 0 fully saturated rings. The Kier molecular flexibility index (Phi) is 2.98. The summed E-state index contributed by atoms with van der Waals surface area (Å²) in [6, 6.07) is 6.26. The van der Waals surface area contributed by atoms with Crippen molar-refractivity contribution in [2.45, 2.75) is 13.0 Å². The van der Waals surface area contributed by atoms with E-state index < -0.39 is 0 Å². The molecule has 0 amide bonds. The van der Waals surface area contributed by atoms with Gasteiger partial charge in [-0.1, -0.05) is 12.1 Å². The fraction of sp³-hybridized carbons (Fsp3) is 0.308. The van der Waals surface area contributed by atoms with Crippen molar-refractivity contribution >= 4 is 16.8 Å². The highest BCUT2D eigenvalue weighted by atomic mass is 19.1. The number of fused-ring (bicyclic) bond motifs is 1. The van der Waals surface area contributed by atoms with Crippen LogP contribution in [0, 0.1) is 5.82 Å². The average Bonchev–Trinajstić information content (AvgIpc) is 2.72. The first-order valence-corrected chi connectivity index (χ1v) is 5.48. The zero-order chi connectivity index (χ0) is 12.6. The Balaban J connectivity index is 2.53. The molecule has 0 aliphatic carbocycles. The molecule has 2 rings (SSSR count). The van der Waals surface area contributed by atoms with Gasteiger partial charge in [-0.05, 0) is 33.2 Å². The molecule has 2 aromatic rings. The van der Waals surface area contributed by atoms with Crippen LogP contribution in [0.3, 0.4) is 0 Å². The van der Waals surface area contributed by atoms with Gasteiger partial charge in [-0.25, -0.2) is 4.39 Å². The average molecular weight is 234 g/mol. The summed E-state index contributed by atoms with van der Waals surface area (Å²) >= 11 is 0. The summed E-state index contributed by atoms with van der Waals surface area (Å²) < 4.78 is 15.1. The van der Waals surface area contributed by atoms with E-state index in [-0.39, 0.29) is 17.8 Å². The molecular formula is C13H15FN2O. The quantitative estimate of drug-likeness (QED) is 0.797. The van der Waals surface area contributed by atoms with Crippen LogP contribution in [0.25, 0.3) is 10.9 Å². The normalized spacial score (nSPS) is 13.2. The molecule has 90 valence electrons. The molecule has 0 aliphatic rings. The second-order valence-electron chi connectivity index (χ2n) is 4.34. The number of para-hydroxylation sites is 1. The highest BCUT2D eigenvalue weighted by Crippen LogP contribution is 2.19. The van der Waals surface area contributed by atoms with E-state index in [4.69, 9.17) is 0 Å². The summed E-state index contributed by atoms with van der Waals surface area (Å²) in [5.74, 6) is -0.498. The number of aromatic nitrogens is 1. The van der Waals surface area contributed by atoms with Gasteiger partial charge in [-0.3, -0.25) is 14.3 Å². The molecule has 0 aliphatic heterocycles. The number of hydrogen-bond acceptors (Lipinski definition) is 2. The van der Waals surface area contributed by atoms with Gasteiger partial charge in [0.2, 0.25) is 5.91 Å². The summed E-state index contributed by atoms with van der Waals surface area (Å²) in [5, 5.41) is 0.740. The minimum atomic E-state index is -0.369. The fourth-order valence-corrected chi connectivity index (χ4v) is 1.76. The van der Waals surface area contributed by atoms with E-state index in [0.29, 0.717) is 5.52 Å². The van der Waals surface area contributed by atoms with Gasteiger partial charge >= 0.3 is 0 Å². The van der Waals surface area contributed by atoms with Crippen molar-refractivity contribution in [1.82, 2.24) is 9.47 Å². The predicted octanol–water partition coefficient (Wildman–Crippen LogP) is 2.37.